The minimum absolute atomic E-state index is 0.256. The Morgan fingerprint density at radius 3 is 2.57 bits per heavy atom. The van der Waals surface area contributed by atoms with Crippen LogP contribution < -0.4 is 5.73 Å². The van der Waals surface area contributed by atoms with Crippen molar-refractivity contribution in [2.45, 2.75) is 31.7 Å². The molecule has 4 nitrogen and oxygen atoms in total. The summed E-state index contributed by atoms with van der Waals surface area (Å²) in [6, 6.07) is 0. The zero-order valence-corrected chi connectivity index (χ0v) is 9.07. The van der Waals surface area contributed by atoms with E-state index in [4.69, 9.17) is 19.9 Å². The smallest absolute Gasteiger partial charge is 0.180 e. The van der Waals surface area contributed by atoms with Crippen LogP contribution in [0.5, 0.6) is 0 Å². The summed E-state index contributed by atoms with van der Waals surface area (Å²) in [5.41, 5.74) is 5.65. The van der Waals surface area contributed by atoms with Gasteiger partial charge >= 0.3 is 0 Å². The highest BCUT2D eigenvalue weighted by Crippen LogP contribution is 2.27. The molecule has 2 N–H and O–H groups in total. The maximum atomic E-state index is 5.72. The molecule has 0 bridgehead atoms. The Hall–Kier alpha value is -0.160. The van der Waals surface area contributed by atoms with E-state index >= 15 is 0 Å². The molecule has 2 unspecified atom stereocenters. The van der Waals surface area contributed by atoms with Crippen LogP contribution in [0.2, 0.25) is 0 Å². The third kappa shape index (κ3) is 3.20. The number of ether oxygens (including phenoxy) is 3. The summed E-state index contributed by atoms with van der Waals surface area (Å²) in [4.78, 5) is 0. The molecule has 1 aliphatic carbocycles. The molecule has 0 radical (unpaired) electrons. The van der Waals surface area contributed by atoms with Crippen LogP contribution >= 0.6 is 0 Å². The fraction of sp³-hybridized carbons (Fsp3) is 1.00. The lowest BCUT2D eigenvalue weighted by atomic mass is 10.1. The Labute approximate surface area is 85.7 Å². The van der Waals surface area contributed by atoms with Gasteiger partial charge in [0.2, 0.25) is 0 Å². The highest BCUT2D eigenvalue weighted by Gasteiger charge is 2.27. The van der Waals surface area contributed by atoms with E-state index < -0.39 is 0 Å². The molecule has 84 valence electrons. The topological polar surface area (TPSA) is 53.7 Å². The first-order valence-corrected chi connectivity index (χ1v) is 5.19. The highest BCUT2D eigenvalue weighted by molar-refractivity contribution is 4.78. The van der Waals surface area contributed by atoms with Crippen molar-refractivity contribution in [3.05, 3.63) is 0 Å². The van der Waals surface area contributed by atoms with Gasteiger partial charge in [-0.25, -0.2) is 0 Å². The van der Waals surface area contributed by atoms with Crippen LogP contribution in [0.4, 0.5) is 0 Å². The van der Waals surface area contributed by atoms with Gasteiger partial charge in [0.1, 0.15) is 0 Å². The molecule has 1 rings (SSSR count). The van der Waals surface area contributed by atoms with Crippen molar-refractivity contribution in [1.82, 2.24) is 0 Å². The Bertz CT molecular complexity index is 150. The Morgan fingerprint density at radius 1 is 1.29 bits per heavy atom. The molecule has 1 saturated carbocycles. The van der Waals surface area contributed by atoms with Crippen LogP contribution in [0.15, 0.2) is 0 Å². The van der Waals surface area contributed by atoms with Gasteiger partial charge < -0.3 is 19.9 Å². The number of methoxy groups -OCH3 is 2. The van der Waals surface area contributed by atoms with Crippen molar-refractivity contribution in [3.63, 3.8) is 0 Å². The molecule has 4 heteroatoms. The van der Waals surface area contributed by atoms with Crippen LogP contribution in [0.3, 0.4) is 0 Å². The van der Waals surface area contributed by atoms with Crippen molar-refractivity contribution in [3.8, 4) is 0 Å². The molecule has 0 saturated heterocycles. The first-order chi connectivity index (χ1) is 6.81. The molecule has 1 aliphatic rings. The van der Waals surface area contributed by atoms with Gasteiger partial charge in [-0.15, -0.1) is 0 Å². The average molecular weight is 203 g/mol. The van der Waals surface area contributed by atoms with Crippen LogP contribution in [-0.4, -0.2) is 39.8 Å². The predicted octanol–water partition coefficient (Wildman–Crippen LogP) is 0.749. The summed E-state index contributed by atoms with van der Waals surface area (Å²) in [7, 11) is 3.24. The van der Waals surface area contributed by atoms with E-state index in [2.05, 4.69) is 0 Å². The number of hydrogen-bond donors (Lipinski definition) is 1. The van der Waals surface area contributed by atoms with Gasteiger partial charge in [-0.05, 0) is 25.3 Å². The standard InChI is InChI=1S/C10H21NO3/c1-12-10(13-2)7-14-9-5-3-4-8(9)6-11/h8-10H,3-7,11H2,1-2H3. The zero-order valence-electron chi connectivity index (χ0n) is 9.07. The van der Waals surface area contributed by atoms with E-state index in [1.807, 2.05) is 0 Å². The van der Waals surface area contributed by atoms with Crippen LogP contribution in [0.25, 0.3) is 0 Å². The number of hydrogen-bond acceptors (Lipinski definition) is 4. The Balaban J connectivity index is 2.22. The molecular formula is C10H21NO3. The van der Waals surface area contributed by atoms with E-state index in [9.17, 15) is 0 Å². The summed E-state index contributed by atoms with van der Waals surface area (Å²) in [5, 5.41) is 0. The molecule has 0 spiro atoms. The van der Waals surface area contributed by atoms with Crippen LogP contribution in [0, 0.1) is 5.92 Å². The van der Waals surface area contributed by atoms with Crippen LogP contribution in [-0.2, 0) is 14.2 Å². The third-order valence-corrected chi connectivity index (χ3v) is 2.86. The van der Waals surface area contributed by atoms with Crippen molar-refractivity contribution >= 4 is 0 Å². The van der Waals surface area contributed by atoms with E-state index in [1.54, 1.807) is 14.2 Å². The first kappa shape index (κ1) is 11.9. The van der Waals surface area contributed by atoms with Crippen molar-refractivity contribution in [2.75, 3.05) is 27.4 Å². The molecule has 14 heavy (non-hydrogen) atoms. The lowest BCUT2D eigenvalue weighted by Gasteiger charge is -2.21. The van der Waals surface area contributed by atoms with Gasteiger partial charge in [-0.2, -0.15) is 0 Å². The molecule has 0 aromatic heterocycles. The maximum Gasteiger partial charge on any atom is 0.180 e. The molecule has 1 fully saturated rings. The Kier molecular flexibility index (Phi) is 5.40. The van der Waals surface area contributed by atoms with E-state index in [1.165, 1.54) is 12.8 Å². The molecule has 0 aromatic rings. The summed E-state index contributed by atoms with van der Waals surface area (Å²) in [5.74, 6) is 0.518. The molecule has 0 heterocycles. The monoisotopic (exact) mass is 203 g/mol. The third-order valence-electron chi connectivity index (χ3n) is 2.86. The minimum atomic E-state index is -0.256. The average Bonchev–Trinajstić information content (AvgIpc) is 2.67. The van der Waals surface area contributed by atoms with Crippen molar-refractivity contribution in [2.24, 2.45) is 11.7 Å². The molecule has 0 aromatic carbocycles. The summed E-state index contributed by atoms with van der Waals surface area (Å²) < 4.78 is 15.8. The summed E-state index contributed by atoms with van der Waals surface area (Å²) in [6.07, 6.45) is 3.56. The quantitative estimate of drug-likeness (QED) is 0.647. The predicted molar refractivity (Wildman–Crippen MR) is 53.9 cm³/mol. The van der Waals surface area contributed by atoms with Gasteiger partial charge in [0.15, 0.2) is 6.29 Å². The Morgan fingerprint density at radius 2 is 2.00 bits per heavy atom. The second-order valence-corrected chi connectivity index (χ2v) is 3.70. The van der Waals surface area contributed by atoms with Gasteiger partial charge in [0.05, 0.1) is 12.7 Å². The molecule has 0 aliphatic heterocycles. The maximum absolute atomic E-state index is 5.72. The fourth-order valence-corrected chi connectivity index (χ4v) is 1.93. The second kappa shape index (κ2) is 6.35. The fourth-order valence-electron chi connectivity index (χ4n) is 1.93. The van der Waals surface area contributed by atoms with E-state index in [-0.39, 0.29) is 6.29 Å². The number of nitrogens with two attached hydrogens (primary N) is 1. The molecule has 0 amide bonds. The second-order valence-electron chi connectivity index (χ2n) is 3.70. The van der Waals surface area contributed by atoms with Crippen molar-refractivity contribution in [1.29, 1.82) is 0 Å². The summed E-state index contributed by atoms with van der Waals surface area (Å²) >= 11 is 0. The highest BCUT2D eigenvalue weighted by atomic mass is 16.7. The zero-order chi connectivity index (χ0) is 10.4. The first-order valence-electron chi connectivity index (χ1n) is 5.19. The van der Waals surface area contributed by atoms with E-state index in [0.29, 0.717) is 18.6 Å². The van der Waals surface area contributed by atoms with Gasteiger partial charge in [-0.3, -0.25) is 0 Å². The normalized spacial score (nSPS) is 27.4. The number of rotatable bonds is 6. The molecular weight excluding hydrogens is 182 g/mol. The van der Waals surface area contributed by atoms with Gasteiger partial charge in [0.25, 0.3) is 0 Å². The lowest BCUT2D eigenvalue weighted by Crippen LogP contribution is -2.30. The largest absolute Gasteiger partial charge is 0.373 e. The molecule has 2 atom stereocenters. The van der Waals surface area contributed by atoms with Gasteiger partial charge in [0, 0.05) is 14.2 Å². The van der Waals surface area contributed by atoms with Crippen LogP contribution in [0.1, 0.15) is 19.3 Å². The van der Waals surface area contributed by atoms with Gasteiger partial charge in [-0.1, -0.05) is 6.42 Å². The lowest BCUT2D eigenvalue weighted by molar-refractivity contribution is -0.154. The van der Waals surface area contributed by atoms with E-state index in [0.717, 1.165) is 13.0 Å². The summed E-state index contributed by atoms with van der Waals surface area (Å²) in [6.45, 7) is 1.21. The SMILES string of the molecule is COC(COC1CCCC1CN)OC. The van der Waals surface area contributed by atoms with Crippen molar-refractivity contribution < 1.29 is 14.2 Å². The minimum Gasteiger partial charge on any atom is -0.373 e.